The van der Waals surface area contributed by atoms with E-state index in [-0.39, 0.29) is 0 Å². The van der Waals surface area contributed by atoms with Crippen molar-refractivity contribution in [3.05, 3.63) is 328 Å². The van der Waals surface area contributed by atoms with E-state index in [2.05, 4.69) is 337 Å². The van der Waals surface area contributed by atoms with Crippen LogP contribution in [-0.4, -0.2) is 4.57 Å². The van der Waals surface area contributed by atoms with Crippen molar-refractivity contribution < 1.29 is 0 Å². The summed E-state index contributed by atoms with van der Waals surface area (Å²) < 4.78 is 5.14. The Morgan fingerprint density at radius 3 is 1.33 bits per heavy atom. The Kier molecular flexibility index (Phi) is 11.8. The smallest absolute Gasteiger partial charge is 0.0541 e. The summed E-state index contributed by atoms with van der Waals surface area (Å²) in [6.45, 7) is 0. The third-order valence-electron chi connectivity index (χ3n) is 18.6. The number of rotatable bonds is 9. The second-order valence-corrected chi connectivity index (χ2v) is 24.5. The molecule has 0 amide bonds. The van der Waals surface area contributed by atoms with Crippen LogP contribution in [0.25, 0.3) is 157 Å². The zero-order valence-corrected chi connectivity index (χ0v) is 49.3. The summed E-state index contributed by atoms with van der Waals surface area (Å²) in [7, 11) is 0. The third kappa shape index (κ3) is 8.39. The first-order chi connectivity index (χ1) is 44.1. The lowest BCUT2D eigenvalue weighted by atomic mass is 9.91. The Hall–Kier alpha value is -11.4. The van der Waals surface area contributed by atoms with Crippen LogP contribution in [0.5, 0.6) is 0 Å². The molecule has 18 aromatic rings. The summed E-state index contributed by atoms with van der Waals surface area (Å²) in [6, 6.07) is 121. The highest BCUT2D eigenvalue weighted by Gasteiger charge is 2.21. The number of fused-ring (bicyclic) bond motifs is 15. The van der Waals surface area contributed by atoms with Crippen LogP contribution in [0.3, 0.4) is 0 Å². The van der Waals surface area contributed by atoms with Gasteiger partial charge in [-0.15, -0.1) is 11.3 Å². The van der Waals surface area contributed by atoms with E-state index in [4.69, 9.17) is 0 Å². The molecule has 0 saturated carbocycles. The number of hydrogen-bond donors (Lipinski definition) is 0. The third-order valence-corrected chi connectivity index (χ3v) is 19.8. The molecule has 0 spiro atoms. The van der Waals surface area contributed by atoms with Gasteiger partial charge in [0.15, 0.2) is 0 Å². The predicted molar refractivity (Wildman–Crippen MR) is 383 cm³/mol. The molecule has 414 valence electrons. The molecule has 0 radical (unpaired) electrons. The first-order valence-electron chi connectivity index (χ1n) is 30.6. The lowest BCUT2D eigenvalue weighted by Gasteiger charge is -2.26. The number of hydrogen-bond acceptors (Lipinski definition) is 2. The van der Waals surface area contributed by atoms with Gasteiger partial charge in [-0.05, 0) is 189 Å². The van der Waals surface area contributed by atoms with Crippen molar-refractivity contribution in [1.82, 2.24) is 4.57 Å². The number of para-hydroxylation sites is 1. The Morgan fingerprint density at radius 1 is 0.225 bits per heavy atom. The molecule has 2 aromatic heterocycles. The first-order valence-corrected chi connectivity index (χ1v) is 31.4. The maximum Gasteiger partial charge on any atom is 0.0541 e. The van der Waals surface area contributed by atoms with Crippen LogP contribution in [-0.2, 0) is 0 Å². The van der Waals surface area contributed by atoms with Gasteiger partial charge >= 0.3 is 0 Å². The Balaban J connectivity index is 0.782. The highest BCUT2D eigenvalue weighted by molar-refractivity contribution is 7.26. The molecular weight excluding hydrogens is 1090 g/mol. The van der Waals surface area contributed by atoms with E-state index in [1.54, 1.807) is 0 Å². The van der Waals surface area contributed by atoms with Gasteiger partial charge in [-0.25, -0.2) is 0 Å². The van der Waals surface area contributed by atoms with Crippen molar-refractivity contribution in [3.63, 3.8) is 0 Å². The number of aromatic nitrogens is 1. The van der Waals surface area contributed by atoms with Crippen molar-refractivity contribution in [2.24, 2.45) is 0 Å². The minimum absolute atomic E-state index is 1.08. The maximum atomic E-state index is 2.51. The summed E-state index contributed by atoms with van der Waals surface area (Å²) in [4.78, 5) is 2.38. The van der Waals surface area contributed by atoms with Crippen molar-refractivity contribution in [2.45, 2.75) is 0 Å². The van der Waals surface area contributed by atoms with Crippen molar-refractivity contribution in [2.75, 3.05) is 4.90 Å². The van der Waals surface area contributed by atoms with Crippen LogP contribution >= 0.6 is 11.3 Å². The second kappa shape index (κ2) is 20.7. The molecule has 0 aliphatic rings. The number of anilines is 3. The van der Waals surface area contributed by atoms with Gasteiger partial charge in [0, 0.05) is 53.6 Å². The monoisotopic (exact) mass is 1150 g/mol. The van der Waals surface area contributed by atoms with Gasteiger partial charge in [0.2, 0.25) is 0 Å². The average molecular weight is 1150 g/mol. The Morgan fingerprint density at radius 2 is 0.652 bits per heavy atom. The minimum Gasteiger partial charge on any atom is -0.311 e. The zero-order valence-electron chi connectivity index (χ0n) is 48.5. The average Bonchev–Trinajstić information content (AvgIpc) is 1.87. The molecule has 0 aliphatic carbocycles. The molecule has 2 nitrogen and oxygen atoms in total. The van der Waals surface area contributed by atoms with E-state index < -0.39 is 0 Å². The van der Waals surface area contributed by atoms with Crippen LogP contribution in [0, 0.1) is 0 Å². The highest BCUT2D eigenvalue weighted by Crippen LogP contribution is 2.46. The fourth-order valence-electron chi connectivity index (χ4n) is 14.4. The molecule has 0 aliphatic heterocycles. The lowest BCUT2D eigenvalue weighted by Crippen LogP contribution is -2.09. The van der Waals surface area contributed by atoms with Gasteiger partial charge in [0.25, 0.3) is 0 Å². The normalized spacial score (nSPS) is 11.8. The summed E-state index contributed by atoms with van der Waals surface area (Å²) in [5, 5.41) is 17.7. The fraction of sp³-hybridized carbons (Fsp3) is 0. The molecule has 0 atom stereocenters. The molecule has 18 rings (SSSR count). The summed E-state index contributed by atoms with van der Waals surface area (Å²) in [5.41, 5.74) is 18.6. The van der Waals surface area contributed by atoms with Gasteiger partial charge < -0.3 is 9.47 Å². The van der Waals surface area contributed by atoms with Crippen LogP contribution < -0.4 is 4.90 Å². The number of thiophene rings is 1. The number of nitrogens with zero attached hydrogens (tertiary/aromatic N) is 2. The van der Waals surface area contributed by atoms with Gasteiger partial charge in [0.05, 0.1) is 16.7 Å². The largest absolute Gasteiger partial charge is 0.311 e. The van der Waals surface area contributed by atoms with Gasteiger partial charge in [-0.2, -0.15) is 0 Å². The van der Waals surface area contributed by atoms with E-state index in [9.17, 15) is 0 Å². The molecule has 0 fully saturated rings. The van der Waals surface area contributed by atoms with Crippen LogP contribution in [0.15, 0.2) is 328 Å². The van der Waals surface area contributed by atoms with E-state index in [1.807, 2.05) is 11.3 Å². The molecule has 0 N–H and O–H groups in total. The minimum atomic E-state index is 1.08. The Labute approximate surface area is 519 Å². The fourth-order valence-corrected chi connectivity index (χ4v) is 15.6. The lowest BCUT2D eigenvalue weighted by molar-refractivity contribution is 1.18. The van der Waals surface area contributed by atoms with Crippen LogP contribution in [0.4, 0.5) is 17.1 Å². The standard InChI is InChI=1S/C86H54N2S/c1-2-17-55(18-3-1)56-33-42-63(43-34-56)87(65-46-37-58(38-47-65)68-29-16-30-77-76-28-13-15-32-85(76)89-86(68)77)64-44-35-57(36-45-64)59-40-49-83-80(51-59)81-54-62(78-52-60-19-4-5-20-66(60)69-22-6-10-26-73(69)78)41-50-84(81)88(83)82-31-14-12-21-67(82)61-39-48-75-72-25-8-7-23-70(72)71-24-9-11-27-74(71)79(75)53-61/h1-54H. The zero-order chi connectivity index (χ0) is 58.5. The highest BCUT2D eigenvalue weighted by atomic mass is 32.1. The summed E-state index contributed by atoms with van der Waals surface area (Å²) in [6.07, 6.45) is 0. The van der Waals surface area contributed by atoms with Gasteiger partial charge in [-0.1, -0.05) is 243 Å². The van der Waals surface area contributed by atoms with E-state index >= 15 is 0 Å². The molecule has 16 aromatic carbocycles. The predicted octanol–water partition coefficient (Wildman–Crippen LogP) is 24.7. The SMILES string of the molecule is c1ccc(-c2ccc(N(c3ccc(-c4ccc5c(c4)c4cc(-c6cc7ccccc7c7ccccc67)ccc4n5-c4ccccc4-c4ccc5c6ccccc6c6ccccc6c5c4)cc3)c3ccc(-c4cccc5c4sc4ccccc45)cc3)cc2)cc1. The van der Waals surface area contributed by atoms with Crippen molar-refractivity contribution >= 4 is 124 Å². The summed E-state index contributed by atoms with van der Waals surface area (Å²) >= 11 is 1.88. The topological polar surface area (TPSA) is 8.17 Å². The molecule has 0 saturated heterocycles. The van der Waals surface area contributed by atoms with Crippen LogP contribution in [0.2, 0.25) is 0 Å². The molecule has 3 heteroatoms. The molecule has 0 bridgehead atoms. The molecule has 0 unspecified atom stereocenters. The molecule has 89 heavy (non-hydrogen) atoms. The second-order valence-electron chi connectivity index (χ2n) is 23.5. The first kappa shape index (κ1) is 50.9. The molecular formula is C86H54N2S. The van der Waals surface area contributed by atoms with Crippen LogP contribution in [0.1, 0.15) is 0 Å². The van der Waals surface area contributed by atoms with Crippen molar-refractivity contribution in [3.8, 4) is 61.3 Å². The number of benzene rings is 16. The quantitative estimate of drug-likeness (QED) is 0.131. The Bertz CT molecular complexity index is 5800. The van der Waals surface area contributed by atoms with Crippen molar-refractivity contribution in [1.29, 1.82) is 0 Å². The van der Waals surface area contributed by atoms with E-state index in [0.29, 0.717) is 0 Å². The summed E-state index contributed by atoms with van der Waals surface area (Å²) in [5.74, 6) is 0. The maximum absolute atomic E-state index is 2.51. The molecule has 2 heterocycles. The van der Waals surface area contributed by atoms with Gasteiger partial charge in [-0.3, -0.25) is 0 Å². The van der Waals surface area contributed by atoms with E-state index in [0.717, 1.165) is 44.9 Å². The van der Waals surface area contributed by atoms with E-state index in [1.165, 1.54) is 129 Å². The van der Waals surface area contributed by atoms with Gasteiger partial charge in [0.1, 0.15) is 0 Å².